The summed E-state index contributed by atoms with van der Waals surface area (Å²) in [7, 11) is 0. The monoisotopic (exact) mass is 495 g/mol. The minimum atomic E-state index is -1.78. The molecule has 1 saturated heterocycles. The molecular formula is C25H29N5O6. The van der Waals surface area contributed by atoms with Gasteiger partial charge in [-0.3, -0.25) is 24.6 Å². The van der Waals surface area contributed by atoms with Gasteiger partial charge in [0.1, 0.15) is 18.3 Å². The topological polar surface area (TPSA) is 161 Å². The van der Waals surface area contributed by atoms with Gasteiger partial charge in [-0.25, -0.2) is 0 Å². The second kappa shape index (κ2) is 12.1. The summed E-state index contributed by atoms with van der Waals surface area (Å²) in [6, 6.07) is 15.3. The number of nitrogens with zero attached hydrogens (tertiary/aromatic N) is 4. The van der Waals surface area contributed by atoms with Crippen molar-refractivity contribution in [1.82, 2.24) is 25.2 Å². The van der Waals surface area contributed by atoms with Crippen LogP contribution in [0, 0.1) is 0 Å². The average Bonchev–Trinajstić information content (AvgIpc) is 2.90. The molecule has 0 bridgehead atoms. The van der Waals surface area contributed by atoms with E-state index in [1.807, 2.05) is 48.5 Å². The normalized spacial score (nSPS) is 24.0. The lowest BCUT2D eigenvalue weighted by molar-refractivity contribution is -0.275. The van der Waals surface area contributed by atoms with Gasteiger partial charge in [0.15, 0.2) is 12.4 Å². The van der Waals surface area contributed by atoms with Crippen molar-refractivity contribution in [2.75, 3.05) is 0 Å². The van der Waals surface area contributed by atoms with Crippen LogP contribution in [0.3, 0.4) is 0 Å². The van der Waals surface area contributed by atoms with Gasteiger partial charge in [-0.2, -0.15) is 0 Å². The van der Waals surface area contributed by atoms with Gasteiger partial charge in [0.05, 0.1) is 17.1 Å². The second-order valence-corrected chi connectivity index (χ2v) is 8.58. The highest BCUT2D eigenvalue weighted by Crippen LogP contribution is 2.20. The Morgan fingerprint density at radius 2 is 1.42 bits per heavy atom. The van der Waals surface area contributed by atoms with Gasteiger partial charge in [-0.05, 0) is 35.9 Å². The third-order valence-electron chi connectivity index (χ3n) is 5.81. The Morgan fingerprint density at radius 3 is 1.94 bits per heavy atom. The van der Waals surface area contributed by atoms with Crippen molar-refractivity contribution in [2.24, 2.45) is 0 Å². The van der Waals surface area contributed by atoms with E-state index >= 15 is 0 Å². The number of nitrogens with one attached hydrogen (secondary N) is 1. The molecule has 3 aromatic rings. The summed E-state index contributed by atoms with van der Waals surface area (Å²) in [4.78, 5) is 27.9. The summed E-state index contributed by atoms with van der Waals surface area (Å²) in [5.74, 6) is -0.728. The van der Waals surface area contributed by atoms with Gasteiger partial charge < -0.3 is 30.5 Å². The summed E-state index contributed by atoms with van der Waals surface area (Å²) < 4.78 is 4.94. The molecule has 3 aromatic heterocycles. The lowest BCUT2D eigenvalue weighted by Gasteiger charge is -2.37. The molecule has 4 rings (SSSR count). The van der Waals surface area contributed by atoms with Gasteiger partial charge in [-0.15, -0.1) is 0 Å². The Bertz CT molecular complexity index is 1060. The van der Waals surface area contributed by atoms with Crippen molar-refractivity contribution < 1.29 is 30.0 Å². The first-order valence-electron chi connectivity index (χ1n) is 11.5. The van der Waals surface area contributed by atoms with Crippen molar-refractivity contribution in [2.45, 2.75) is 56.9 Å². The molecule has 0 unspecified atom stereocenters. The first kappa shape index (κ1) is 25.8. The number of pyridine rings is 3. The molecule has 0 saturated carbocycles. The van der Waals surface area contributed by atoms with Gasteiger partial charge in [-0.1, -0.05) is 18.2 Å². The number of rotatable bonds is 9. The standard InChI is InChI=1S/C25H29N5O6/c31-20-21(32)23(36-25(35)22(20)33)24(34)29-12-16-7-8-19(28-11-16)15-30(13-17-5-1-3-9-26-17)14-18-6-2-4-10-27-18/h1-11,20-23,25,31-33,35H,12-15H2,(H,29,34)/t20-,21+,22+,23-,25+/m0/s1. The Balaban J connectivity index is 1.35. The molecule has 36 heavy (non-hydrogen) atoms. The molecule has 1 amide bonds. The molecule has 0 aromatic carbocycles. The molecule has 11 nitrogen and oxygen atoms in total. The smallest absolute Gasteiger partial charge is 0.252 e. The van der Waals surface area contributed by atoms with Crippen molar-refractivity contribution in [3.05, 3.63) is 89.8 Å². The van der Waals surface area contributed by atoms with Gasteiger partial charge >= 0.3 is 0 Å². The van der Waals surface area contributed by atoms with Crippen molar-refractivity contribution >= 4 is 5.91 Å². The van der Waals surface area contributed by atoms with Crippen molar-refractivity contribution in [3.8, 4) is 0 Å². The van der Waals surface area contributed by atoms with Crippen LogP contribution in [0.5, 0.6) is 0 Å². The fourth-order valence-electron chi connectivity index (χ4n) is 3.86. The van der Waals surface area contributed by atoms with Crippen LogP contribution in [0.4, 0.5) is 0 Å². The van der Waals surface area contributed by atoms with E-state index in [1.165, 1.54) is 0 Å². The van der Waals surface area contributed by atoms with Crippen LogP contribution >= 0.6 is 0 Å². The highest BCUT2D eigenvalue weighted by molar-refractivity contribution is 5.81. The molecule has 1 fully saturated rings. The molecule has 0 radical (unpaired) electrons. The van der Waals surface area contributed by atoms with E-state index in [0.717, 1.165) is 17.1 Å². The number of carbonyl (C=O) groups excluding carboxylic acids is 1. The summed E-state index contributed by atoms with van der Waals surface area (Å²) in [5, 5.41) is 41.5. The molecule has 1 aliphatic rings. The van der Waals surface area contributed by atoms with Crippen LogP contribution in [-0.4, -0.2) is 76.9 Å². The number of aliphatic hydroxyl groups excluding tert-OH is 4. The number of amides is 1. The van der Waals surface area contributed by atoms with Crippen LogP contribution in [0.25, 0.3) is 0 Å². The maximum absolute atomic E-state index is 12.4. The zero-order valence-corrected chi connectivity index (χ0v) is 19.5. The predicted octanol–water partition coefficient (Wildman–Crippen LogP) is -0.510. The Morgan fingerprint density at radius 1 is 0.806 bits per heavy atom. The van der Waals surface area contributed by atoms with Crippen LogP contribution in [0.15, 0.2) is 67.1 Å². The average molecular weight is 496 g/mol. The Hall–Kier alpha value is -3.32. The number of hydrogen-bond donors (Lipinski definition) is 5. The van der Waals surface area contributed by atoms with Crippen LogP contribution < -0.4 is 5.32 Å². The summed E-state index contributed by atoms with van der Waals surface area (Å²) in [5.41, 5.74) is 3.40. The molecule has 190 valence electrons. The molecule has 0 aliphatic carbocycles. The lowest BCUT2D eigenvalue weighted by Crippen LogP contribution is -2.61. The van der Waals surface area contributed by atoms with E-state index < -0.39 is 36.6 Å². The zero-order valence-electron chi connectivity index (χ0n) is 19.5. The third-order valence-corrected chi connectivity index (χ3v) is 5.81. The minimum absolute atomic E-state index is 0.0963. The van der Waals surface area contributed by atoms with E-state index in [1.54, 1.807) is 18.6 Å². The number of carbonyl (C=O) groups is 1. The molecule has 0 spiro atoms. The number of aliphatic hydroxyl groups is 4. The number of aromatic nitrogens is 3. The highest BCUT2D eigenvalue weighted by Gasteiger charge is 2.46. The van der Waals surface area contributed by atoms with Gasteiger partial charge in [0.2, 0.25) is 0 Å². The van der Waals surface area contributed by atoms with Crippen molar-refractivity contribution in [1.29, 1.82) is 0 Å². The summed E-state index contributed by atoms with van der Waals surface area (Å²) >= 11 is 0. The number of ether oxygens (including phenoxy) is 1. The first-order valence-corrected chi connectivity index (χ1v) is 11.5. The van der Waals surface area contributed by atoms with E-state index in [9.17, 15) is 25.2 Å². The van der Waals surface area contributed by atoms with Crippen LogP contribution in [0.2, 0.25) is 0 Å². The largest absolute Gasteiger partial charge is 0.387 e. The summed E-state index contributed by atoms with van der Waals surface area (Å²) in [6.45, 7) is 1.89. The Kier molecular flexibility index (Phi) is 8.65. The molecule has 4 heterocycles. The third kappa shape index (κ3) is 6.66. The second-order valence-electron chi connectivity index (χ2n) is 8.58. The van der Waals surface area contributed by atoms with Gasteiger partial charge in [0, 0.05) is 44.8 Å². The molecule has 1 aliphatic heterocycles. The molecule has 5 N–H and O–H groups in total. The number of hydrogen-bond acceptors (Lipinski definition) is 10. The summed E-state index contributed by atoms with van der Waals surface area (Å²) in [6.07, 6.45) is -3.21. The Labute approximate surface area is 208 Å². The van der Waals surface area contributed by atoms with Crippen LogP contribution in [0.1, 0.15) is 22.6 Å². The predicted molar refractivity (Wildman–Crippen MR) is 126 cm³/mol. The van der Waals surface area contributed by atoms with E-state index in [-0.39, 0.29) is 6.54 Å². The zero-order chi connectivity index (χ0) is 25.5. The van der Waals surface area contributed by atoms with E-state index in [0.29, 0.717) is 25.2 Å². The fraction of sp³-hybridized carbons (Fsp3) is 0.360. The highest BCUT2D eigenvalue weighted by atomic mass is 16.6. The van der Waals surface area contributed by atoms with Gasteiger partial charge in [0.25, 0.3) is 5.91 Å². The van der Waals surface area contributed by atoms with Crippen LogP contribution in [-0.2, 0) is 35.7 Å². The minimum Gasteiger partial charge on any atom is -0.387 e. The lowest BCUT2D eigenvalue weighted by atomic mass is 9.98. The molecule has 11 heteroatoms. The SMILES string of the molecule is O=C(NCc1ccc(CN(Cc2ccccn2)Cc2ccccn2)nc1)[C@H]1O[C@@H](O)[C@H](O)[C@@H](O)[C@H]1O. The van der Waals surface area contributed by atoms with Crippen molar-refractivity contribution in [3.63, 3.8) is 0 Å². The molecular weight excluding hydrogens is 466 g/mol. The fourth-order valence-corrected chi connectivity index (χ4v) is 3.86. The first-order chi connectivity index (χ1) is 17.4. The van der Waals surface area contributed by atoms with E-state index in [2.05, 4.69) is 25.2 Å². The maximum atomic E-state index is 12.4. The van der Waals surface area contributed by atoms with E-state index in [4.69, 9.17) is 4.74 Å². The quantitative estimate of drug-likeness (QED) is 0.261. The maximum Gasteiger partial charge on any atom is 0.252 e. The molecule has 5 atom stereocenters.